The van der Waals surface area contributed by atoms with Gasteiger partial charge in [0.25, 0.3) is 0 Å². The molecule has 6 nitrogen and oxygen atoms in total. The van der Waals surface area contributed by atoms with E-state index < -0.39 is 0 Å². The molecule has 0 saturated heterocycles. The predicted molar refractivity (Wildman–Crippen MR) is 80.5 cm³/mol. The van der Waals surface area contributed by atoms with Gasteiger partial charge in [-0.1, -0.05) is 18.2 Å². The molecule has 0 saturated carbocycles. The van der Waals surface area contributed by atoms with Crippen molar-refractivity contribution in [3.05, 3.63) is 36.4 Å². The van der Waals surface area contributed by atoms with Crippen LogP contribution in [-0.2, 0) is 9.59 Å². The van der Waals surface area contributed by atoms with E-state index >= 15 is 0 Å². The molecule has 0 unspecified atom stereocenters. The van der Waals surface area contributed by atoms with E-state index in [1.165, 1.54) is 26.4 Å². The number of ether oxygens (including phenoxy) is 2. The molecule has 2 aromatic rings. The number of aliphatic imine (C=N–C) groups is 2. The predicted octanol–water partition coefficient (Wildman–Crippen LogP) is 3.31. The van der Waals surface area contributed by atoms with Crippen molar-refractivity contribution in [2.45, 2.75) is 0 Å². The Morgan fingerprint density at radius 2 is 1.64 bits per heavy atom. The van der Waals surface area contributed by atoms with Crippen LogP contribution < -0.4 is 9.47 Å². The first-order chi connectivity index (χ1) is 10.7. The van der Waals surface area contributed by atoms with E-state index in [1.54, 1.807) is 36.4 Å². The maximum absolute atomic E-state index is 10.7. The molecule has 0 spiro atoms. The zero-order chi connectivity index (χ0) is 15.9. The molecule has 0 aromatic heterocycles. The summed E-state index contributed by atoms with van der Waals surface area (Å²) in [6.45, 7) is 0. The second-order valence-electron chi connectivity index (χ2n) is 4.15. The molecule has 22 heavy (non-hydrogen) atoms. The van der Waals surface area contributed by atoms with Crippen LogP contribution in [0, 0.1) is 0 Å². The number of benzene rings is 2. The van der Waals surface area contributed by atoms with Crippen LogP contribution in [0.25, 0.3) is 11.1 Å². The molecule has 0 aliphatic rings. The van der Waals surface area contributed by atoms with Gasteiger partial charge in [0.2, 0.25) is 12.2 Å². The first-order valence-corrected chi connectivity index (χ1v) is 6.26. The number of methoxy groups -OCH3 is 2. The minimum absolute atomic E-state index is 0.365. The van der Waals surface area contributed by atoms with E-state index in [1.807, 2.05) is 0 Å². The van der Waals surface area contributed by atoms with Gasteiger partial charge >= 0.3 is 0 Å². The molecule has 0 radical (unpaired) electrons. The molecule has 0 bridgehead atoms. The number of nitrogens with zero attached hydrogens (tertiary/aromatic N) is 2. The van der Waals surface area contributed by atoms with E-state index in [4.69, 9.17) is 9.47 Å². The molecule has 0 N–H and O–H groups in total. The molecule has 0 aliphatic heterocycles. The Kier molecular flexibility index (Phi) is 4.83. The van der Waals surface area contributed by atoms with Crippen LogP contribution in [0.1, 0.15) is 0 Å². The van der Waals surface area contributed by atoms with Crippen molar-refractivity contribution in [1.29, 1.82) is 0 Å². The van der Waals surface area contributed by atoms with Gasteiger partial charge in [0.1, 0.15) is 22.9 Å². The summed E-state index contributed by atoms with van der Waals surface area (Å²) >= 11 is 0. The highest BCUT2D eigenvalue weighted by Crippen LogP contribution is 2.40. The molecular formula is C16H12N2O4. The average molecular weight is 296 g/mol. The largest absolute Gasteiger partial charge is 0.494 e. The fourth-order valence-electron chi connectivity index (χ4n) is 2.07. The number of carbonyl (C=O) groups excluding carboxylic acids is 2. The number of isocyanates is 2. The number of hydrogen-bond acceptors (Lipinski definition) is 6. The second-order valence-corrected chi connectivity index (χ2v) is 4.15. The van der Waals surface area contributed by atoms with Crippen LogP contribution in [-0.4, -0.2) is 26.4 Å². The molecule has 0 atom stereocenters. The first kappa shape index (κ1) is 15.2. The first-order valence-electron chi connectivity index (χ1n) is 6.26. The van der Waals surface area contributed by atoms with Crippen LogP contribution in [0.15, 0.2) is 46.4 Å². The van der Waals surface area contributed by atoms with Crippen LogP contribution in [0.4, 0.5) is 11.4 Å². The fourth-order valence-corrected chi connectivity index (χ4v) is 2.07. The van der Waals surface area contributed by atoms with Crippen molar-refractivity contribution in [1.82, 2.24) is 0 Å². The van der Waals surface area contributed by atoms with Crippen molar-refractivity contribution in [2.75, 3.05) is 14.2 Å². The number of para-hydroxylation sites is 1. The quantitative estimate of drug-likeness (QED) is 0.626. The maximum Gasteiger partial charge on any atom is 0.240 e. The summed E-state index contributed by atoms with van der Waals surface area (Å²) in [5.74, 6) is 0.861. The van der Waals surface area contributed by atoms with E-state index in [0.29, 0.717) is 28.4 Å². The van der Waals surface area contributed by atoms with E-state index in [0.717, 1.165) is 5.56 Å². The van der Waals surface area contributed by atoms with Crippen LogP contribution in [0.2, 0.25) is 0 Å². The highest BCUT2D eigenvalue weighted by atomic mass is 16.5. The minimum atomic E-state index is 0.365. The van der Waals surface area contributed by atoms with Gasteiger partial charge in [0.15, 0.2) is 0 Å². The normalized spacial score (nSPS) is 9.36. The zero-order valence-corrected chi connectivity index (χ0v) is 12.0. The summed E-state index contributed by atoms with van der Waals surface area (Å²) in [5.41, 5.74) is 2.13. The van der Waals surface area contributed by atoms with Gasteiger partial charge in [0.05, 0.1) is 14.2 Å². The van der Waals surface area contributed by atoms with E-state index in [-0.39, 0.29) is 0 Å². The third-order valence-electron chi connectivity index (χ3n) is 3.03. The Bertz CT molecular complexity index is 789. The van der Waals surface area contributed by atoms with Crippen molar-refractivity contribution in [3.63, 3.8) is 0 Å². The third-order valence-corrected chi connectivity index (χ3v) is 3.03. The number of rotatable bonds is 5. The summed E-state index contributed by atoms with van der Waals surface area (Å²) in [7, 11) is 2.96. The lowest BCUT2D eigenvalue weighted by Crippen LogP contribution is -1.88. The fraction of sp³-hybridized carbons (Fsp3) is 0.125. The van der Waals surface area contributed by atoms with Crippen molar-refractivity contribution in [3.8, 4) is 22.6 Å². The zero-order valence-electron chi connectivity index (χ0n) is 12.0. The lowest BCUT2D eigenvalue weighted by atomic mass is 10.0. The van der Waals surface area contributed by atoms with E-state index in [2.05, 4.69) is 9.98 Å². The average Bonchev–Trinajstić information content (AvgIpc) is 2.56. The molecule has 6 heteroatoms. The maximum atomic E-state index is 10.7. The summed E-state index contributed by atoms with van der Waals surface area (Å²) < 4.78 is 10.4. The molecule has 0 fully saturated rings. The van der Waals surface area contributed by atoms with Crippen LogP contribution in [0.5, 0.6) is 11.5 Å². The molecule has 2 rings (SSSR count). The summed E-state index contributed by atoms with van der Waals surface area (Å²) in [4.78, 5) is 28.3. The molecule has 2 aromatic carbocycles. The third kappa shape index (κ3) is 2.94. The Balaban J connectivity index is 2.66. The summed E-state index contributed by atoms with van der Waals surface area (Å²) in [6, 6.07) is 10.3. The Morgan fingerprint density at radius 3 is 2.27 bits per heavy atom. The molecule has 0 amide bonds. The SMILES string of the molecule is COc1cc(-c2cccc(OC)c2N=C=O)ccc1N=C=O. The van der Waals surface area contributed by atoms with E-state index in [9.17, 15) is 9.59 Å². The van der Waals surface area contributed by atoms with Crippen molar-refractivity contribution >= 4 is 23.5 Å². The smallest absolute Gasteiger partial charge is 0.240 e. The molecular weight excluding hydrogens is 284 g/mol. The minimum Gasteiger partial charge on any atom is -0.494 e. The molecule has 110 valence electrons. The highest BCUT2D eigenvalue weighted by Gasteiger charge is 2.12. The molecule has 0 aliphatic carbocycles. The van der Waals surface area contributed by atoms with Gasteiger partial charge in [-0.15, -0.1) is 0 Å². The van der Waals surface area contributed by atoms with Gasteiger partial charge in [-0.3, -0.25) is 0 Å². The Morgan fingerprint density at radius 1 is 0.909 bits per heavy atom. The lowest BCUT2D eigenvalue weighted by Gasteiger charge is -2.11. The summed E-state index contributed by atoms with van der Waals surface area (Å²) in [5, 5.41) is 0. The monoisotopic (exact) mass is 296 g/mol. The van der Waals surface area contributed by atoms with Crippen molar-refractivity contribution in [2.24, 2.45) is 9.98 Å². The molecule has 0 heterocycles. The van der Waals surface area contributed by atoms with Crippen LogP contribution >= 0.6 is 0 Å². The second kappa shape index (κ2) is 6.99. The standard InChI is InChI=1S/C16H12N2O4/c1-21-14-5-3-4-12(16(14)18-10-20)11-6-7-13(17-9-19)15(8-11)22-2/h3-8H,1-2H3. The Hall–Kier alpha value is -3.20. The summed E-state index contributed by atoms with van der Waals surface area (Å²) in [6.07, 6.45) is 3.00. The van der Waals surface area contributed by atoms with Gasteiger partial charge in [-0.05, 0) is 23.8 Å². The van der Waals surface area contributed by atoms with Gasteiger partial charge < -0.3 is 9.47 Å². The van der Waals surface area contributed by atoms with Gasteiger partial charge in [-0.2, -0.15) is 9.98 Å². The van der Waals surface area contributed by atoms with Gasteiger partial charge in [0, 0.05) is 5.56 Å². The van der Waals surface area contributed by atoms with Crippen LogP contribution in [0.3, 0.4) is 0 Å². The van der Waals surface area contributed by atoms with Crippen molar-refractivity contribution < 1.29 is 19.1 Å². The Labute approximate surface area is 126 Å². The highest BCUT2D eigenvalue weighted by molar-refractivity contribution is 5.83. The van der Waals surface area contributed by atoms with Gasteiger partial charge in [-0.25, -0.2) is 9.59 Å². The topological polar surface area (TPSA) is 77.3 Å². The lowest BCUT2D eigenvalue weighted by molar-refractivity contribution is 0.415. The number of hydrogen-bond donors (Lipinski definition) is 0.